The summed E-state index contributed by atoms with van der Waals surface area (Å²) in [6.45, 7) is 0. The molecule has 1 aliphatic rings. The molecule has 6 heteroatoms. The van der Waals surface area contributed by atoms with E-state index in [2.05, 4.69) is 5.32 Å². The molecule has 0 bridgehead atoms. The lowest BCUT2D eigenvalue weighted by Gasteiger charge is -2.26. The van der Waals surface area contributed by atoms with E-state index in [0.717, 1.165) is 42.3 Å². The van der Waals surface area contributed by atoms with Crippen molar-refractivity contribution in [2.75, 3.05) is 5.32 Å². The second-order valence-corrected chi connectivity index (χ2v) is 8.21. The molecule has 2 aromatic carbocycles. The molecule has 0 radical (unpaired) electrons. The number of aryl methyl sites for hydroxylation is 1. The fraction of sp³-hybridized carbons (Fsp3) is 0.304. The van der Waals surface area contributed by atoms with Gasteiger partial charge in [-0.25, -0.2) is 0 Å². The van der Waals surface area contributed by atoms with Crippen molar-refractivity contribution in [2.45, 2.75) is 31.6 Å². The van der Waals surface area contributed by atoms with Crippen LogP contribution in [-0.4, -0.2) is 21.6 Å². The van der Waals surface area contributed by atoms with E-state index < -0.39 is 5.97 Å². The Morgan fingerprint density at radius 3 is 2.41 bits per heavy atom. The number of aromatic nitrogens is 1. The summed E-state index contributed by atoms with van der Waals surface area (Å²) in [5.41, 5.74) is 3.47. The molecule has 0 atom stereocenters. The van der Waals surface area contributed by atoms with Crippen molar-refractivity contribution in [3.63, 3.8) is 0 Å². The summed E-state index contributed by atoms with van der Waals surface area (Å²) < 4.78 is 1.91. The number of carboxylic acids is 1. The van der Waals surface area contributed by atoms with Gasteiger partial charge >= 0.3 is 5.97 Å². The normalized spacial score (nSPS) is 19.2. The summed E-state index contributed by atoms with van der Waals surface area (Å²) >= 11 is 6.11. The molecule has 1 fully saturated rings. The molecule has 1 heterocycles. The molecule has 2 N–H and O–H groups in total. The van der Waals surface area contributed by atoms with Gasteiger partial charge in [-0.2, -0.15) is 0 Å². The van der Waals surface area contributed by atoms with Crippen LogP contribution in [-0.2, 0) is 11.8 Å². The van der Waals surface area contributed by atoms with Gasteiger partial charge in [-0.15, -0.1) is 0 Å². The smallest absolute Gasteiger partial charge is 0.306 e. The maximum Gasteiger partial charge on any atom is 0.306 e. The van der Waals surface area contributed by atoms with E-state index in [9.17, 15) is 9.59 Å². The second-order valence-electron chi connectivity index (χ2n) is 7.78. The van der Waals surface area contributed by atoms with Crippen LogP contribution >= 0.6 is 11.6 Å². The molecule has 0 spiro atoms. The van der Waals surface area contributed by atoms with Crippen molar-refractivity contribution < 1.29 is 14.7 Å². The number of rotatable bonds is 4. The van der Waals surface area contributed by atoms with Crippen LogP contribution in [0.2, 0.25) is 5.02 Å². The molecule has 5 nitrogen and oxygen atoms in total. The number of benzene rings is 2. The van der Waals surface area contributed by atoms with Crippen LogP contribution in [0.4, 0.5) is 5.69 Å². The molecule has 150 valence electrons. The van der Waals surface area contributed by atoms with Crippen LogP contribution in [0.3, 0.4) is 0 Å². The monoisotopic (exact) mass is 410 g/mol. The van der Waals surface area contributed by atoms with Crippen molar-refractivity contribution in [3.8, 4) is 0 Å². The SMILES string of the molecule is Cn1cc(C(=O)Nc2ccc(C3CCC(C(=O)O)CC3)cc2)c2cc(Cl)ccc21. The first-order chi connectivity index (χ1) is 13.9. The molecule has 0 saturated heterocycles. The van der Waals surface area contributed by atoms with Crippen molar-refractivity contribution in [1.82, 2.24) is 4.57 Å². The number of carbonyl (C=O) groups excluding carboxylic acids is 1. The Kier molecular flexibility index (Phi) is 5.33. The van der Waals surface area contributed by atoms with Crippen LogP contribution in [0.25, 0.3) is 10.9 Å². The Bertz CT molecular complexity index is 1060. The Labute approximate surface area is 174 Å². The van der Waals surface area contributed by atoms with Crippen LogP contribution < -0.4 is 5.32 Å². The van der Waals surface area contributed by atoms with Crippen LogP contribution in [0.1, 0.15) is 47.5 Å². The number of aliphatic carboxylic acids is 1. The zero-order valence-corrected chi connectivity index (χ0v) is 16.9. The Morgan fingerprint density at radius 2 is 1.76 bits per heavy atom. The molecule has 0 unspecified atom stereocenters. The number of hydrogen-bond acceptors (Lipinski definition) is 2. The van der Waals surface area contributed by atoms with Gasteiger partial charge in [0.15, 0.2) is 0 Å². The lowest BCUT2D eigenvalue weighted by atomic mass is 9.79. The summed E-state index contributed by atoms with van der Waals surface area (Å²) in [6.07, 6.45) is 5.04. The topological polar surface area (TPSA) is 71.3 Å². The van der Waals surface area contributed by atoms with Gasteiger partial charge in [0.2, 0.25) is 0 Å². The van der Waals surface area contributed by atoms with Crippen LogP contribution in [0, 0.1) is 5.92 Å². The third-order valence-corrected chi connectivity index (χ3v) is 6.15. The number of nitrogens with one attached hydrogen (secondary N) is 1. The third-order valence-electron chi connectivity index (χ3n) is 5.91. The molecule has 1 aromatic heterocycles. The number of fused-ring (bicyclic) bond motifs is 1. The first-order valence-corrected chi connectivity index (χ1v) is 10.2. The summed E-state index contributed by atoms with van der Waals surface area (Å²) in [7, 11) is 1.90. The highest BCUT2D eigenvalue weighted by molar-refractivity contribution is 6.31. The molecule has 1 amide bonds. The minimum absolute atomic E-state index is 0.174. The number of nitrogens with zero attached hydrogens (tertiary/aromatic N) is 1. The third kappa shape index (κ3) is 4.01. The number of halogens is 1. The van der Waals surface area contributed by atoms with Gasteiger partial charge in [-0.05, 0) is 67.5 Å². The lowest BCUT2D eigenvalue weighted by Crippen LogP contribution is -2.20. The minimum atomic E-state index is -0.684. The molecule has 1 saturated carbocycles. The summed E-state index contributed by atoms with van der Waals surface area (Å²) in [5, 5.41) is 13.5. The maximum atomic E-state index is 12.8. The van der Waals surface area contributed by atoms with Crippen LogP contribution in [0.5, 0.6) is 0 Å². The largest absolute Gasteiger partial charge is 0.481 e. The van der Waals surface area contributed by atoms with E-state index in [1.807, 2.05) is 60.3 Å². The average Bonchev–Trinajstić information content (AvgIpc) is 3.04. The van der Waals surface area contributed by atoms with E-state index >= 15 is 0 Å². The summed E-state index contributed by atoms with van der Waals surface area (Å²) in [5.74, 6) is -0.682. The second kappa shape index (κ2) is 7.91. The van der Waals surface area contributed by atoms with Gasteiger partial charge in [0.1, 0.15) is 0 Å². The summed E-state index contributed by atoms with van der Waals surface area (Å²) in [4.78, 5) is 23.9. The fourth-order valence-corrected chi connectivity index (χ4v) is 4.43. The average molecular weight is 411 g/mol. The van der Waals surface area contributed by atoms with Gasteiger partial charge in [0.25, 0.3) is 5.91 Å². The number of amides is 1. The van der Waals surface area contributed by atoms with E-state index in [1.54, 1.807) is 0 Å². The van der Waals surface area contributed by atoms with Gasteiger partial charge in [-0.1, -0.05) is 23.7 Å². The van der Waals surface area contributed by atoms with Crippen molar-refractivity contribution in [2.24, 2.45) is 13.0 Å². The predicted molar refractivity (Wildman–Crippen MR) is 115 cm³/mol. The van der Waals surface area contributed by atoms with Crippen molar-refractivity contribution >= 4 is 40.1 Å². The van der Waals surface area contributed by atoms with Gasteiger partial charge in [0.05, 0.1) is 11.5 Å². The number of anilines is 1. The van der Waals surface area contributed by atoms with E-state index in [-0.39, 0.29) is 11.8 Å². The molecular formula is C23H23ClN2O3. The zero-order valence-electron chi connectivity index (χ0n) is 16.2. The Morgan fingerprint density at radius 1 is 1.07 bits per heavy atom. The van der Waals surface area contributed by atoms with Crippen molar-refractivity contribution in [1.29, 1.82) is 0 Å². The Hall–Kier alpha value is -2.79. The maximum absolute atomic E-state index is 12.8. The van der Waals surface area contributed by atoms with Gasteiger partial charge < -0.3 is 15.0 Å². The number of carbonyl (C=O) groups is 2. The highest BCUT2D eigenvalue weighted by Crippen LogP contribution is 2.36. The molecule has 4 rings (SSSR count). The van der Waals surface area contributed by atoms with E-state index in [4.69, 9.17) is 16.7 Å². The van der Waals surface area contributed by atoms with Crippen molar-refractivity contribution in [3.05, 3.63) is 64.8 Å². The number of hydrogen-bond donors (Lipinski definition) is 2. The standard InChI is InChI=1S/C23H23ClN2O3/c1-26-13-20(19-12-17(24)8-11-21(19)26)22(27)25-18-9-6-15(7-10-18)14-2-4-16(5-3-14)23(28)29/h6-14,16H,2-5H2,1H3,(H,25,27)(H,28,29). The number of carboxylic acid groups (broad SMARTS) is 1. The van der Waals surface area contributed by atoms with E-state index in [1.165, 1.54) is 5.56 Å². The first kappa shape index (κ1) is 19.5. The van der Waals surface area contributed by atoms with Crippen LogP contribution in [0.15, 0.2) is 48.7 Å². The Balaban J connectivity index is 1.46. The molecule has 1 aliphatic carbocycles. The first-order valence-electron chi connectivity index (χ1n) is 9.81. The quantitative estimate of drug-likeness (QED) is 0.601. The molecular weight excluding hydrogens is 388 g/mol. The van der Waals surface area contributed by atoms with Gasteiger partial charge in [0, 0.05) is 34.9 Å². The predicted octanol–water partition coefficient (Wildman–Crippen LogP) is 5.44. The molecule has 3 aromatic rings. The fourth-order valence-electron chi connectivity index (χ4n) is 4.26. The molecule has 0 aliphatic heterocycles. The van der Waals surface area contributed by atoms with Gasteiger partial charge in [-0.3, -0.25) is 9.59 Å². The molecule has 29 heavy (non-hydrogen) atoms. The highest BCUT2D eigenvalue weighted by atomic mass is 35.5. The zero-order chi connectivity index (χ0) is 20.5. The minimum Gasteiger partial charge on any atom is -0.481 e. The summed E-state index contributed by atoms with van der Waals surface area (Å²) in [6, 6.07) is 13.4. The van der Waals surface area contributed by atoms with E-state index in [0.29, 0.717) is 16.5 Å². The highest BCUT2D eigenvalue weighted by Gasteiger charge is 2.26. The lowest BCUT2D eigenvalue weighted by molar-refractivity contribution is -0.142.